The van der Waals surface area contributed by atoms with Crippen LogP contribution in [-0.4, -0.2) is 15.3 Å². The van der Waals surface area contributed by atoms with E-state index in [4.69, 9.17) is 0 Å². The Labute approximate surface area is 182 Å². The van der Waals surface area contributed by atoms with Crippen molar-refractivity contribution in [3.05, 3.63) is 81.9 Å². The van der Waals surface area contributed by atoms with Crippen molar-refractivity contribution in [2.24, 2.45) is 0 Å². The summed E-state index contributed by atoms with van der Waals surface area (Å²) in [4.78, 5) is 19.4. The van der Waals surface area contributed by atoms with Gasteiger partial charge in [-0.25, -0.2) is 0 Å². The van der Waals surface area contributed by atoms with Gasteiger partial charge in [0.1, 0.15) is 5.82 Å². The van der Waals surface area contributed by atoms with Crippen LogP contribution in [0.15, 0.2) is 64.3 Å². The quantitative estimate of drug-likeness (QED) is 0.505. The molecule has 1 aromatic heterocycles. The predicted octanol–water partition coefficient (Wildman–Crippen LogP) is 5.63. The maximum Gasteiger partial charge on any atom is 0.277 e. The van der Waals surface area contributed by atoms with Gasteiger partial charge >= 0.3 is 0 Å². The van der Waals surface area contributed by atoms with Gasteiger partial charge in [-0.3, -0.25) is 4.79 Å². The molecule has 3 aromatic rings. The van der Waals surface area contributed by atoms with Crippen LogP contribution in [0.4, 0.5) is 0 Å². The smallest absolute Gasteiger partial charge is 0.277 e. The van der Waals surface area contributed by atoms with Crippen molar-refractivity contribution >= 4 is 11.8 Å². The predicted molar refractivity (Wildman–Crippen MR) is 124 cm³/mol. The van der Waals surface area contributed by atoms with Crippen molar-refractivity contribution in [2.45, 2.75) is 62.3 Å². The largest absolute Gasteiger partial charge is 0.329 e. The molecular weight excluding hydrogens is 388 g/mol. The number of benzene rings is 2. The number of hydrogen-bond donors (Lipinski definition) is 0. The van der Waals surface area contributed by atoms with Crippen LogP contribution in [0.3, 0.4) is 0 Å². The van der Waals surface area contributed by atoms with Crippen LogP contribution in [0.1, 0.15) is 49.6 Å². The summed E-state index contributed by atoms with van der Waals surface area (Å²) in [5.41, 5.74) is 4.79. The average Bonchev–Trinajstić information content (AvgIpc) is 3.23. The molecule has 30 heavy (non-hydrogen) atoms. The SMILES string of the molecule is CCn1c(CCSc2ccccc2)nc(=O)c2c1-c1ccccc1CC21CCCC1. The van der Waals surface area contributed by atoms with E-state index in [0.29, 0.717) is 0 Å². The molecule has 0 N–H and O–H groups in total. The molecule has 0 bridgehead atoms. The molecule has 1 fully saturated rings. The zero-order valence-electron chi connectivity index (χ0n) is 17.6. The van der Waals surface area contributed by atoms with Gasteiger partial charge in [0, 0.05) is 34.6 Å². The third-order valence-electron chi connectivity index (χ3n) is 6.81. The van der Waals surface area contributed by atoms with Crippen LogP contribution in [0.5, 0.6) is 0 Å². The van der Waals surface area contributed by atoms with Crippen molar-refractivity contribution < 1.29 is 0 Å². The Bertz CT molecular complexity index is 1110. The number of thioether (sulfide) groups is 1. The number of aromatic nitrogens is 2. The van der Waals surface area contributed by atoms with E-state index in [1.54, 1.807) is 0 Å². The minimum Gasteiger partial charge on any atom is -0.329 e. The van der Waals surface area contributed by atoms with Gasteiger partial charge in [-0.1, -0.05) is 55.3 Å². The van der Waals surface area contributed by atoms with E-state index < -0.39 is 0 Å². The molecule has 2 aromatic carbocycles. The summed E-state index contributed by atoms with van der Waals surface area (Å²) in [6, 6.07) is 19.2. The van der Waals surface area contributed by atoms with Crippen LogP contribution in [0, 0.1) is 0 Å². The molecule has 0 atom stereocenters. The second kappa shape index (κ2) is 8.07. The molecule has 2 aliphatic carbocycles. The summed E-state index contributed by atoms with van der Waals surface area (Å²) in [7, 11) is 0. The third kappa shape index (κ3) is 3.31. The summed E-state index contributed by atoms with van der Waals surface area (Å²) in [5, 5.41) is 0. The van der Waals surface area contributed by atoms with Crippen molar-refractivity contribution in [3.63, 3.8) is 0 Å². The van der Waals surface area contributed by atoms with Gasteiger partial charge in [0.05, 0.1) is 11.3 Å². The van der Waals surface area contributed by atoms with Crippen LogP contribution in [-0.2, 0) is 24.8 Å². The molecular formula is C26H28N2OS. The lowest BCUT2D eigenvalue weighted by Gasteiger charge is -2.37. The number of rotatable bonds is 5. The first-order valence-electron chi connectivity index (χ1n) is 11.1. The van der Waals surface area contributed by atoms with Crippen LogP contribution >= 0.6 is 11.8 Å². The molecule has 0 aliphatic heterocycles. The first-order chi connectivity index (χ1) is 14.7. The molecule has 1 spiro atoms. The molecule has 3 nitrogen and oxygen atoms in total. The Kier molecular flexibility index (Phi) is 5.28. The second-order valence-corrected chi connectivity index (χ2v) is 9.70. The topological polar surface area (TPSA) is 34.9 Å². The van der Waals surface area contributed by atoms with Gasteiger partial charge in [-0.05, 0) is 43.9 Å². The van der Waals surface area contributed by atoms with Crippen LogP contribution in [0.2, 0.25) is 0 Å². The fourth-order valence-electron chi connectivity index (χ4n) is 5.50. The standard InChI is InChI=1S/C26H28N2OS/c1-2-28-22(14-17-30-20-11-4-3-5-12-20)27-25(29)23-24(28)21-13-7-6-10-19(21)18-26(23)15-8-9-16-26/h3-7,10-13H,2,8-9,14-18H2,1H3. The lowest BCUT2D eigenvalue weighted by molar-refractivity contribution is 0.420. The number of aryl methyl sites for hydroxylation is 1. The summed E-state index contributed by atoms with van der Waals surface area (Å²) < 4.78 is 2.33. The lowest BCUT2D eigenvalue weighted by atomic mass is 9.68. The van der Waals surface area contributed by atoms with E-state index in [1.807, 2.05) is 17.8 Å². The van der Waals surface area contributed by atoms with E-state index in [2.05, 4.69) is 65.0 Å². The summed E-state index contributed by atoms with van der Waals surface area (Å²) in [5.74, 6) is 1.84. The zero-order chi connectivity index (χ0) is 20.6. The maximum atomic E-state index is 13.4. The molecule has 1 saturated carbocycles. The average molecular weight is 417 g/mol. The van der Waals surface area contributed by atoms with Crippen molar-refractivity contribution in [3.8, 4) is 11.3 Å². The molecule has 5 rings (SSSR count). The Morgan fingerprint density at radius 2 is 1.77 bits per heavy atom. The van der Waals surface area contributed by atoms with E-state index in [0.717, 1.165) is 55.1 Å². The number of fused-ring (bicyclic) bond motifs is 4. The minimum absolute atomic E-state index is 0.0119. The summed E-state index contributed by atoms with van der Waals surface area (Å²) >= 11 is 1.83. The molecule has 0 amide bonds. The Morgan fingerprint density at radius 3 is 2.53 bits per heavy atom. The van der Waals surface area contributed by atoms with E-state index in [9.17, 15) is 4.79 Å². The molecule has 2 aliphatic rings. The van der Waals surface area contributed by atoms with Crippen molar-refractivity contribution in [1.29, 1.82) is 0 Å². The second-order valence-electron chi connectivity index (χ2n) is 8.53. The Balaban J connectivity index is 1.59. The van der Waals surface area contributed by atoms with Gasteiger partial charge in [-0.15, -0.1) is 11.8 Å². The monoisotopic (exact) mass is 416 g/mol. The number of hydrogen-bond acceptors (Lipinski definition) is 3. The minimum atomic E-state index is -0.0119. The van der Waals surface area contributed by atoms with Crippen LogP contribution < -0.4 is 5.56 Å². The van der Waals surface area contributed by atoms with E-state index >= 15 is 0 Å². The highest BCUT2D eigenvalue weighted by Gasteiger charge is 2.44. The zero-order valence-corrected chi connectivity index (χ0v) is 18.4. The lowest BCUT2D eigenvalue weighted by Crippen LogP contribution is -2.39. The van der Waals surface area contributed by atoms with Crippen molar-refractivity contribution in [2.75, 3.05) is 5.75 Å². The highest BCUT2D eigenvalue weighted by molar-refractivity contribution is 7.99. The number of nitrogens with zero attached hydrogens (tertiary/aromatic N) is 2. The molecule has 0 unspecified atom stereocenters. The van der Waals surface area contributed by atoms with E-state index in [1.165, 1.54) is 28.9 Å². The first kappa shape index (κ1) is 19.6. The fourth-order valence-corrected chi connectivity index (χ4v) is 6.37. The Hall–Kier alpha value is -2.33. The third-order valence-corrected chi connectivity index (χ3v) is 7.82. The highest BCUT2D eigenvalue weighted by Crippen LogP contribution is 2.50. The highest BCUT2D eigenvalue weighted by atomic mass is 32.2. The molecule has 154 valence electrons. The summed E-state index contributed by atoms with van der Waals surface area (Å²) in [6.45, 7) is 3.02. The maximum absolute atomic E-state index is 13.4. The first-order valence-corrected chi connectivity index (χ1v) is 12.1. The van der Waals surface area contributed by atoms with Gasteiger partial charge in [0.15, 0.2) is 0 Å². The van der Waals surface area contributed by atoms with E-state index in [-0.39, 0.29) is 11.0 Å². The molecule has 0 radical (unpaired) electrons. The van der Waals surface area contributed by atoms with Gasteiger partial charge < -0.3 is 4.57 Å². The fraction of sp³-hybridized carbons (Fsp3) is 0.385. The normalized spacial score (nSPS) is 16.4. The van der Waals surface area contributed by atoms with Crippen molar-refractivity contribution in [1.82, 2.24) is 9.55 Å². The molecule has 4 heteroatoms. The van der Waals surface area contributed by atoms with Gasteiger partial charge in [-0.2, -0.15) is 4.98 Å². The molecule has 1 heterocycles. The summed E-state index contributed by atoms with van der Waals surface area (Å²) in [6.07, 6.45) is 6.42. The Morgan fingerprint density at radius 1 is 1.03 bits per heavy atom. The van der Waals surface area contributed by atoms with Crippen LogP contribution in [0.25, 0.3) is 11.3 Å². The van der Waals surface area contributed by atoms with Gasteiger partial charge in [0.25, 0.3) is 5.56 Å². The van der Waals surface area contributed by atoms with Gasteiger partial charge in [0.2, 0.25) is 0 Å². The molecule has 0 saturated heterocycles.